The second-order valence-corrected chi connectivity index (χ2v) is 2.90. The lowest BCUT2D eigenvalue weighted by molar-refractivity contribution is 0.108. The maximum absolute atomic E-state index is 9.62. The summed E-state index contributed by atoms with van der Waals surface area (Å²) in [5, 5.41) is 9.62. The Morgan fingerprint density at radius 2 is 2.60 bits per heavy atom. The number of aromatic nitrogens is 1. The van der Waals surface area contributed by atoms with Gasteiger partial charge in [-0.2, -0.15) is 0 Å². The van der Waals surface area contributed by atoms with E-state index >= 15 is 0 Å². The van der Waals surface area contributed by atoms with Gasteiger partial charge in [0.2, 0.25) is 0 Å². The zero-order chi connectivity index (χ0) is 7.19. The lowest BCUT2D eigenvalue weighted by Gasteiger charge is -2.01. The molecule has 0 bridgehead atoms. The van der Waals surface area contributed by atoms with E-state index in [1.54, 1.807) is 6.20 Å². The van der Waals surface area contributed by atoms with Gasteiger partial charge in [-0.25, -0.2) is 4.98 Å². The Labute approximate surface area is 58.7 Å². The summed E-state index contributed by atoms with van der Waals surface area (Å²) in [6.07, 6.45) is 3.71. The molecule has 1 aromatic rings. The van der Waals surface area contributed by atoms with Crippen LogP contribution in [0, 0.1) is 5.92 Å². The molecule has 3 nitrogen and oxygen atoms in total. The number of aliphatic hydroxyl groups is 1. The lowest BCUT2D eigenvalue weighted by atomic mass is 10.2. The zero-order valence-corrected chi connectivity index (χ0v) is 5.74. The van der Waals surface area contributed by atoms with Gasteiger partial charge in [0.25, 0.3) is 0 Å². The molecule has 2 atom stereocenters. The standard InChI is InChI=1S/C7H9NO2/c1-5-2-7(5,9)6-3-8-4-10-6/h3-5,9H,2H2,1H3. The number of rotatable bonds is 1. The largest absolute Gasteiger partial charge is 0.445 e. The van der Waals surface area contributed by atoms with E-state index in [4.69, 9.17) is 4.42 Å². The molecule has 3 heteroatoms. The highest BCUT2D eigenvalue weighted by Crippen LogP contribution is 2.51. The summed E-state index contributed by atoms with van der Waals surface area (Å²) in [4.78, 5) is 3.74. The number of nitrogens with zero attached hydrogens (tertiary/aromatic N) is 1. The quantitative estimate of drug-likeness (QED) is 0.628. The Kier molecular flexibility index (Phi) is 0.951. The van der Waals surface area contributed by atoms with Crippen LogP contribution in [0.1, 0.15) is 19.1 Å². The van der Waals surface area contributed by atoms with Gasteiger partial charge >= 0.3 is 0 Å². The molecule has 10 heavy (non-hydrogen) atoms. The van der Waals surface area contributed by atoms with Crippen LogP contribution >= 0.6 is 0 Å². The van der Waals surface area contributed by atoms with E-state index in [1.165, 1.54) is 6.39 Å². The molecule has 1 aliphatic rings. The monoisotopic (exact) mass is 139 g/mol. The Hall–Kier alpha value is -0.830. The van der Waals surface area contributed by atoms with Crippen LogP contribution < -0.4 is 0 Å². The van der Waals surface area contributed by atoms with Gasteiger partial charge in [0.15, 0.2) is 12.2 Å². The molecule has 1 N–H and O–H groups in total. The minimum Gasteiger partial charge on any atom is -0.445 e. The van der Waals surface area contributed by atoms with Crippen LogP contribution in [-0.2, 0) is 5.60 Å². The number of oxazole rings is 1. The Balaban J connectivity index is 2.30. The molecule has 1 saturated carbocycles. The third-order valence-electron chi connectivity index (χ3n) is 2.13. The molecule has 0 saturated heterocycles. The fourth-order valence-corrected chi connectivity index (χ4v) is 1.18. The summed E-state index contributed by atoms with van der Waals surface area (Å²) in [5.74, 6) is 0.917. The fraction of sp³-hybridized carbons (Fsp3) is 0.571. The Morgan fingerprint density at radius 1 is 1.90 bits per heavy atom. The van der Waals surface area contributed by atoms with Crippen molar-refractivity contribution in [3.63, 3.8) is 0 Å². The van der Waals surface area contributed by atoms with Gasteiger partial charge in [-0.1, -0.05) is 6.92 Å². The predicted octanol–water partition coefficient (Wildman–Crippen LogP) is 0.902. The average Bonchev–Trinajstić information content (AvgIpc) is 2.35. The zero-order valence-electron chi connectivity index (χ0n) is 5.74. The molecule has 2 rings (SSSR count). The van der Waals surface area contributed by atoms with Gasteiger partial charge in [0, 0.05) is 0 Å². The van der Waals surface area contributed by atoms with Crippen molar-refractivity contribution in [1.29, 1.82) is 0 Å². The van der Waals surface area contributed by atoms with Gasteiger partial charge in [-0.3, -0.25) is 0 Å². The molecular weight excluding hydrogens is 130 g/mol. The topological polar surface area (TPSA) is 46.3 Å². The molecule has 0 radical (unpaired) electrons. The van der Waals surface area contributed by atoms with Crippen LogP contribution in [0.25, 0.3) is 0 Å². The van der Waals surface area contributed by atoms with Crippen molar-refractivity contribution in [3.8, 4) is 0 Å². The van der Waals surface area contributed by atoms with E-state index in [1.807, 2.05) is 6.92 Å². The van der Waals surface area contributed by atoms with Crippen molar-refractivity contribution in [2.24, 2.45) is 5.92 Å². The van der Waals surface area contributed by atoms with E-state index in [0.29, 0.717) is 11.7 Å². The van der Waals surface area contributed by atoms with Gasteiger partial charge < -0.3 is 9.52 Å². The molecule has 1 heterocycles. The summed E-state index contributed by atoms with van der Waals surface area (Å²) >= 11 is 0. The van der Waals surface area contributed by atoms with Gasteiger partial charge in [0.1, 0.15) is 5.60 Å². The Morgan fingerprint density at radius 3 is 3.00 bits per heavy atom. The predicted molar refractivity (Wildman–Crippen MR) is 34.2 cm³/mol. The van der Waals surface area contributed by atoms with Gasteiger partial charge in [-0.05, 0) is 12.3 Å². The first kappa shape index (κ1) is 5.92. The van der Waals surface area contributed by atoms with E-state index in [9.17, 15) is 5.11 Å². The lowest BCUT2D eigenvalue weighted by Crippen LogP contribution is -2.05. The molecule has 0 spiro atoms. The summed E-state index contributed by atoms with van der Waals surface area (Å²) in [6, 6.07) is 0. The molecule has 0 aromatic carbocycles. The van der Waals surface area contributed by atoms with Crippen LogP contribution in [-0.4, -0.2) is 10.1 Å². The van der Waals surface area contributed by atoms with Crippen molar-refractivity contribution < 1.29 is 9.52 Å². The first-order chi connectivity index (χ1) is 4.73. The number of hydrogen-bond donors (Lipinski definition) is 1. The van der Waals surface area contributed by atoms with Gasteiger partial charge in [0.05, 0.1) is 6.20 Å². The molecule has 1 aliphatic carbocycles. The molecule has 54 valence electrons. The smallest absolute Gasteiger partial charge is 0.181 e. The fourth-order valence-electron chi connectivity index (χ4n) is 1.18. The summed E-state index contributed by atoms with van der Waals surface area (Å²) in [7, 11) is 0. The summed E-state index contributed by atoms with van der Waals surface area (Å²) in [5.41, 5.74) is -0.698. The summed E-state index contributed by atoms with van der Waals surface area (Å²) in [6.45, 7) is 1.99. The van der Waals surface area contributed by atoms with E-state index in [-0.39, 0.29) is 0 Å². The second-order valence-electron chi connectivity index (χ2n) is 2.90. The molecular formula is C7H9NO2. The first-order valence-electron chi connectivity index (χ1n) is 3.35. The molecule has 0 aliphatic heterocycles. The average molecular weight is 139 g/mol. The Bertz CT molecular complexity index is 232. The van der Waals surface area contributed by atoms with E-state index < -0.39 is 5.60 Å². The first-order valence-corrected chi connectivity index (χ1v) is 3.35. The maximum Gasteiger partial charge on any atom is 0.181 e. The second kappa shape index (κ2) is 1.61. The van der Waals surface area contributed by atoms with Crippen molar-refractivity contribution in [2.75, 3.05) is 0 Å². The van der Waals surface area contributed by atoms with Crippen LogP contribution in [0.5, 0.6) is 0 Å². The van der Waals surface area contributed by atoms with Crippen molar-refractivity contribution >= 4 is 0 Å². The van der Waals surface area contributed by atoms with Crippen molar-refractivity contribution in [3.05, 3.63) is 18.4 Å². The highest BCUT2D eigenvalue weighted by Gasteiger charge is 2.53. The normalized spacial score (nSPS) is 38.0. The minimum atomic E-state index is -0.698. The van der Waals surface area contributed by atoms with Crippen LogP contribution in [0.3, 0.4) is 0 Å². The van der Waals surface area contributed by atoms with Crippen LogP contribution in [0.15, 0.2) is 17.0 Å². The molecule has 0 amide bonds. The van der Waals surface area contributed by atoms with Crippen LogP contribution in [0.4, 0.5) is 0 Å². The molecule has 2 unspecified atom stereocenters. The molecule has 1 fully saturated rings. The van der Waals surface area contributed by atoms with E-state index in [0.717, 1.165) is 6.42 Å². The summed E-state index contributed by atoms with van der Waals surface area (Å²) < 4.78 is 4.97. The highest BCUT2D eigenvalue weighted by molar-refractivity contribution is 5.16. The highest BCUT2D eigenvalue weighted by atomic mass is 16.4. The SMILES string of the molecule is CC1CC1(O)c1cnco1. The van der Waals surface area contributed by atoms with E-state index in [2.05, 4.69) is 4.98 Å². The molecule has 1 aromatic heterocycles. The van der Waals surface area contributed by atoms with Gasteiger partial charge in [-0.15, -0.1) is 0 Å². The van der Waals surface area contributed by atoms with Crippen molar-refractivity contribution in [1.82, 2.24) is 4.98 Å². The number of hydrogen-bond acceptors (Lipinski definition) is 3. The third kappa shape index (κ3) is 0.609. The maximum atomic E-state index is 9.62. The van der Waals surface area contributed by atoms with Crippen molar-refractivity contribution in [2.45, 2.75) is 18.9 Å². The van der Waals surface area contributed by atoms with Crippen LogP contribution in [0.2, 0.25) is 0 Å². The minimum absolute atomic E-state index is 0.320. The third-order valence-corrected chi connectivity index (χ3v) is 2.13.